The number of rotatable bonds is 10. The number of carbonyl (C=O) groups is 1. The smallest absolute Gasteiger partial charge is 0.247 e. The standard InChI is InChI=1S/C35H38N4O3S/c1-37(32-18-22-36-23-19-32)31-13-8-30(9-14-31)27-39(33-20-24-38(25-21-33)26-29-6-4-3-5-7-29)35(40)17-12-28-10-15-34(16-11-28)43(2,41)42/h3-19,22-23,33H,20-21,24-27H2,1-2H3/b17-12+. The molecule has 1 fully saturated rings. The van der Waals surface area contributed by atoms with E-state index in [0.29, 0.717) is 6.54 Å². The minimum atomic E-state index is -3.27. The number of anilines is 2. The third-order valence-corrected chi connectivity index (χ3v) is 9.11. The van der Waals surface area contributed by atoms with Crippen LogP contribution in [0, 0.1) is 0 Å². The Morgan fingerprint density at radius 3 is 2.12 bits per heavy atom. The molecule has 222 valence electrons. The average molecular weight is 595 g/mol. The molecule has 1 amide bonds. The summed E-state index contributed by atoms with van der Waals surface area (Å²) in [6, 6.07) is 29.5. The van der Waals surface area contributed by atoms with E-state index in [4.69, 9.17) is 0 Å². The molecule has 4 aromatic rings. The molecule has 1 aliphatic heterocycles. The molecule has 0 aliphatic carbocycles. The van der Waals surface area contributed by atoms with E-state index in [2.05, 4.69) is 63.3 Å². The van der Waals surface area contributed by atoms with Crippen molar-refractivity contribution in [2.75, 3.05) is 31.3 Å². The Kier molecular flexibility index (Phi) is 9.69. The molecule has 0 unspecified atom stereocenters. The fourth-order valence-corrected chi connectivity index (χ4v) is 6.08. The zero-order valence-electron chi connectivity index (χ0n) is 24.7. The second-order valence-corrected chi connectivity index (χ2v) is 13.1. The second-order valence-electron chi connectivity index (χ2n) is 11.1. The molecular formula is C35H38N4O3S. The number of hydrogen-bond acceptors (Lipinski definition) is 6. The number of benzene rings is 3. The molecule has 8 heteroatoms. The summed E-state index contributed by atoms with van der Waals surface area (Å²) in [5.41, 5.74) is 5.26. The molecule has 0 bridgehead atoms. The molecule has 43 heavy (non-hydrogen) atoms. The molecule has 0 spiro atoms. The molecule has 7 nitrogen and oxygen atoms in total. The summed E-state index contributed by atoms with van der Waals surface area (Å²) in [7, 11) is -1.25. The summed E-state index contributed by atoms with van der Waals surface area (Å²) in [5, 5.41) is 0. The van der Waals surface area contributed by atoms with Crippen molar-refractivity contribution in [2.24, 2.45) is 0 Å². The van der Waals surface area contributed by atoms with Crippen LogP contribution < -0.4 is 4.90 Å². The number of nitrogens with zero attached hydrogens (tertiary/aromatic N) is 4. The highest BCUT2D eigenvalue weighted by Gasteiger charge is 2.27. The van der Waals surface area contributed by atoms with E-state index in [1.807, 2.05) is 30.1 Å². The highest BCUT2D eigenvalue weighted by atomic mass is 32.2. The molecule has 1 saturated heterocycles. The maximum absolute atomic E-state index is 13.7. The van der Waals surface area contributed by atoms with Gasteiger partial charge in [-0.25, -0.2) is 8.42 Å². The Balaban J connectivity index is 1.30. The van der Waals surface area contributed by atoms with Crippen molar-refractivity contribution in [2.45, 2.75) is 36.9 Å². The lowest BCUT2D eigenvalue weighted by atomic mass is 10.0. The van der Waals surface area contributed by atoms with Crippen molar-refractivity contribution in [3.8, 4) is 0 Å². The van der Waals surface area contributed by atoms with Gasteiger partial charge in [0, 0.05) is 75.4 Å². The van der Waals surface area contributed by atoms with Crippen LogP contribution in [-0.2, 0) is 27.7 Å². The van der Waals surface area contributed by atoms with Gasteiger partial charge in [-0.2, -0.15) is 0 Å². The first-order valence-corrected chi connectivity index (χ1v) is 16.4. The number of likely N-dealkylation sites (tertiary alicyclic amines) is 1. The van der Waals surface area contributed by atoms with Gasteiger partial charge >= 0.3 is 0 Å². The minimum Gasteiger partial charge on any atom is -0.345 e. The lowest BCUT2D eigenvalue weighted by molar-refractivity contribution is -0.130. The number of amides is 1. The van der Waals surface area contributed by atoms with Crippen LogP contribution in [0.3, 0.4) is 0 Å². The van der Waals surface area contributed by atoms with Gasteiger partial charge in [-0.3, -0.25) is 14.7 Å². The Labute approximate surface area is 255 Å². The monoisotopic (exact) mass is 594 g/mol. The van der Waals surface area contributed by atoms with E-state index in [1.54, 1.807) is 48.8 Å². The lowest BCUT2D eigenvalue weighted by Crippen LogP contribution is -2.46. The Morgan fingerprint density at radius 2 is 1.49 bits per heavy atom. The van der Waals surface area contributed by atoms with Gasteiger partial charge in [0.15, 0.2) is 9.84 Å². The predicted molar refractivity (Wildman–Crippen MR) is 173 cm³/mol. The molecule has 0 saturated carbocycles. The third kappa shape index (κ3) is 8.18. The SMILES string of the molecule is CN(c1ccncc1)c1ccc(CN(C(=O)/C=C/c2ccc(S(C)(=O)=O)cc2)C2CCN(Cc3ccccc3)CC2)cc1. The van der Waals surface area contributed by atoms with Crippen LogP contribution in [0.1, 0.15) is 29.5 Å². The molecule has 1 aromatic heterocycles. The number of aromatic nitrogens is 1. The van der Waals surface area contributed by atoms with Crippen molar-refractivity contribution < 1.29 is 13.2 Å². The first-order valence-electron chi connectivity index (χ1n) is 14.5. The van der Waals surface area contributed by atoms with Crippen LogP contribution in [-0.4, -0.2) is 61.5 Å². The van der Waals surface area contributed by atoms with Crippen LogP contribution in [0.5, 0.6) is 0 Å². The quantitative estimate of drug-likeness (QED) is 0.211. The molecule has 2 heterocycles. The first-order chi connectivity index (χ1) is 20.8. The Bertz CT molecular complexity index is 1620. The Morgan fingerprint density at radius 1 is 0.860 bits per heavy atom. The lowest BCUT2D eigenvalue weighted by Gasteiger charge is -2.38. The predicted octanol–water partition coefficient (Wildman–Crippen LogP) is 5.96. The number of hydrogen-bond donors (Lipinski definition) is 0. The zero-order chi connectivity index (χ0) is 30.2. The van der Waals surface area contributed by atoms with E-state index in [0.717, 1.165) is 55.0 Å². The van der Waals surface area contributed by atoms with Gasteiger partial charge in [-0.15, -0.1) is 0 Å². The van der Waals surface area contributed by atoms with Crippen LogP contribution in [0.2, 0.25) is 0 Å². The fraction of sp³-hybridized carbons (Fsp3) is 0.257. The van der Waals surface area contributed by atoms with Gasteiger partial charge in [0.05, 0.1) is 4.90 Å². The van der Waals surface area contributed by atoms with Crippen LogP contribution in [0.15, 0.2) is 114 Å². The third-order valence-electron chi connectivity index (χ3n) is 7.98. The summed E-state index contributed by atoms with van der Waals surface area (Å²) in [6.07, 6.45) is 9.92. The van der Waals surface area contributed by atoms with E-state index >= 15 is 0 Å². The number of carbonyl (C=O) groups excluding carboxylic acids is 1. The summed E-state index contributed by atoms with van der Waals surface area (Å²) in [6.45, 7) is 3.28. The van der Waals surface area contributed by atoms with E-state index < -0.39 is 9.84 Å². The molecule has 1 aliphatic rings. The van der Waals surface area contributed by atoms with Gasteiger partial charge in [-0.05, 0) is 72.0 Å². The van der Waals surface area contributed by atoms with E-state index in [9.17, 15) is 13.2 Å². The largest absolute Gasteiger partial charge is 0.345 e. The van der Waals surface area contributed by atoms with E-state index in [-0.39, 0.29) is 16.8 Å². The number of sulfone groups is 1. The molecule has 0 atom stereocenters. The highest BCUT2D eigenvalue weighted by Crippen LogP contribution is 2.25. The summed E-state index contributed by atoms with van der Waals surface area (Å²) in [4.78, 5) is 24.6. The van der Waals surface area contributed by atoms with Gasteiger partial charge in [0.1, 0.15) is 0 Å². The van der Waals surface area contributed by atoms with Crippen LogP contribution in [0.4, 0.5) is 11.4 Å². The summed E-state index contributed by atoms with van der Waals surface area (Å²) in [5.74, 6) is -0.0494. The maximum Gasteiger partial charge on any atom is 0.247 e. The van der Waals surface area contributed by atoms with Crippen molar-refractivity contribution >= 4 is 33.2 Å². The highest BCUT2D eigenvalue weighted by molar-refractivity contribution is 7.90. The molecule has 0 N–H and O–H groups in total. The number of pyridine rings is 1. The van der Waals surface area contributed by atoms with E-state index in [1.165, 1.54) is 11.8 Å². The van der Waals surface area contributed by atoms with Gasteiger partial charge in [-0.1, -0.05) is 54.6 Å². The van der Waals surface area contributed by atoms with Crippen LogP contribution >= 0.6 is 0 Å². The zero-order valence-corrected chi connectivity index (χ0v) is 25.5. The molecule has 3 aromatic carbocycles. The van der Waals surface area contributed by atoms with Crippen molar-refractivity contribution in [3.63, 3.8) is 0 Å². The van der Waals surface area contributed by atoms with Crippen molar-refractivity contribution in [1.29, 1.82) is 0 Å². The van der Waals surface area contributed by atoms with Gasteiger partial charge in [0.2, 0.25) is 5.91 Å². The topological polar surface area (TPSA) is 73.8 Å². The fourth-order valence-electron chi connectivity index (χ4n) is 5.45. The minimum absolute atomic E-state index is 0.0494. The van der Waals surface area contributed by atoms with Crippen molar-refractivity contribution in [3.05, 3.63) is 126 Å². The first kappa shape index (κ1) is 30.2. The maximum atomic E-state index is 13.7. The van der Waals surface area contributed by atoms with Crippen LogP contribution in [0.25, 0.3) is 6.08 Å². The number of piperidine rings is 1. The van der Waals surface area contributed by atoms with Gasteiger partial charge < -0.3 is 9.80 Å². The molecular weight excluding hydrogens is 556 g/mol. The van der Waals surface area contributed by atoms with Crippen molar-refractivity contribution in [1.82, 2.24) is 14.8 Å². The second kappa shape index (κ2) is 13.8. The van der Waals surface area contributed by atoms with Gasteiger partial charge in [0.25, 0.3) is 0 Å². The molecule has 5 rings (SSSR count). The normalized spacial score (nSPS) is 14.6. The molecule has 0 radical (unpaired) electrons. The summed E-state index contributed by atoms with van der Waals surface area (Å²) < 4.78 is 23.6. The Hall–Kier alpha value is -4.27. The summed E-state index contributed by atoms with van der Waals surface area (Å²) >= 11 is 0. The average Bonchev–Trinajstić information content (AvgIpc) is 3.03.